The Morgan fingerprint density at radius 2 is 1.81 bits per heavy atom. The van der Waals surface area contributed by atoms with Gasteiger partial charge in [0, 0.05) is 24.5 Å². The Hall–Kier alpha value is -1.59. The molecular weight excluding hydrogens is 386 g/mol. The Bertz CT molecular complexity index is 886. The monoisotopic (exact) mass is 421 g/mol. The summed E-state index contributed by atoms with van der Waals surface area (Å²) in [7, 11) is 0. The van der Waals surface area contributed by atoms with E-state index in [1.165, 1.54) is 56.3 Å². The van der Waals surface area contributed by atoms with Crippen LogP contribution >= 0.6 is 0 Å². The third-order valence-electron chi connectivity index (χ3n) is 10.2. The number of rotatable bonds is 2. The fourth-order valence-electron chi connectivity index (χ4n) is 8.43. The van der Waals surface area contributed by atoms with Gasteiger partial charge >= 0.3 is 6.03 Å². The van der Waals surface area contributed by atoms with Crippen LogP contribution in [0.1, 0.15) is 62.1 Å². The number of hydrogen-bond acceptors (Lipinski definition) is 3. The quantitative estimate of drug-likeness (QED) is 0.792. The summed E-state index contributed by atoms with van der Waals surface area (Å²) < 4.78 is 5.42. The first-order valence-electron chi connectivity index (χ1n) is 12.7. The zero-order valence-electron chi connectivity index (χ0n) is 18.5. The molecular formula is C26H35N3O2. The first kappa shape index (κ1) is 18.9. The normalized spacial score (nSPS) is 40.1. The molecule has 2 aliphatic heterocycles. The summed E-state index contributed by atoms with van der Waals surface area (Å²) in [6.45, 7) is 5.18. The Balaban J connectivity index is 1.05. The number of hydrogen-bond donors (Lipinski definition) is 1. The molecule has 6 aliphatic rings. The van der Waals surface area contributed by atoms with E-state index in [1.54, 1.807) is 6.42 Å². The van der Waals surface area contributed by atoms with Crippen molar-refractivity contribution in [3.63, 3.8) is 0 Å². The zero-order valence-corrected chi connectivity index (χ0v) is 18.5. The van der Waals surface area contributed by atoms with Gasteiger partial charge in [-0.2, -0.15) is 0 Å². The van der Waals surface area contributed by atoms with Crippen LogP contribution in [0.3, 0.4) is 0 Å². The van der Waals surface area contributed by atoms with Gasteiger partial charge in [-0.05, 0) is 86.4 Å². The Morgan fingerprint density at radius 3 is 2.58 bits per heavy atom. The van der Waals surface area contributed by atoms with E-state index in [9.17, 15) is 4.79 Å². The summed E-state index contributed by atoms with van der Waals surface area (Å²) in [5, 5.41) is 3.39. The lowest BCUT2D eigenvalue weighted by Gasteiger charge is -2.53. The minimum absolute atomic E-state index is 0.0811. The molecule has 0 aromatic heterocycles. The second-order valence-corrected chi connectivity index (χ2v) is 11.3. The summed E-state index contributed by atoms with van der Waals surface area (Å²) in [4.78, 5) is 17.7. The predicted octanol–water partition coefficient (Wildman–Crippen LogP) is 3.70. The van der Waals surface area contributed by atoms with Gasteiger partial charge in [-0.3, -0.25) is 0 Å². The number of carbonyl (C=O) groups excluding carboxylic acids is 1. The highest BCUT2D eigenvalue weighted by Gasteiger charge is 2.71. The van der Waals surface area contributed by atoms with Crippen LogP contribution in [0.2, 0.25) is 0 Å². The van der Waals surface area contributed by atoms with E-state index >= 15 is 0 Å². The number of nitrogens with zero attached hydrogens (tertiary/aromatic N) is 2. The average molecular weight is 422 g/mol. The molecule has 5 nitrogen and oxygen atoms in total. The van der Waals surface area contributed by atoms with Gasteiger partial charge < -0.3 is 19.9 Å². The maximum Gasteiger partial charge on any atom is 0.318 e. The first-order chi connectivity index (χ1) is 15.2. The lowest BCUT2D eigenvalue weighted by Crippen LogP contribution is -2.56. The molecule has 5 fully saturated rings. The van der Waals surface area contributed by atoms with Crippen molar-refractivity contribution in [2.75, 3.05) is 39.4 Å². The molecule has 31 heavy (non-hydrogen) atoms. The lowest BCUT2D eigenvalue weighted by molar-refractivity contribution is -0.0259. The standard InChI is InChI=1S/C26H35N3O2/c30-24(29-11-13-31-14-12-29)27-22-16-25(20-4-2-1-3-19(20)22)7-9-28(10-8-25)23-17-26-15-18(26)5-6-21(23)26/h1-4,18,21-23H,5-17H2,(H,27,30)/t18?,21-,22-,23?,26?/m0/s1. The van der Waals surface area contributed by atoms with E-state index in [0.717, 1.165) is 29.7 Å². The van der Waals surface area contributed by atoms with Gasteiger partial charge in [-0.25, -0.2) is 4.79 Å². The van der Waals surface area contributed by atoms with Crippen molar-refractivity contribution in [2.45, 2.75) is 62.4 Å². The highest BCUT2D eigenvalue weighted by molar-refractivity contribution is 5.75. The number of carbonyl (C=O) groups is 1. The van der Waals surface area contributed by atoms with Crippen molar-refractivity contribution in [2.24, 2.45) is 17.3 Å². The summed E-state index contributed by atoms with van der Waals surface area (Å²) in [6.07, 6.45) is 9.60. The van der Waals surface area contributed by atoms with Crippen molar-refractivity contribution in [1.29, 1.82) is 0 Å². The van der Waals surface area contributed by atoms with Gasteiger partial charge in [0.15, 0.2) is 0 Å². The van der Waals surface area contributed by atoms with Gasteiger partial charge in [0.2, 0.25) is 0 Å². The summed E-state index contributed by atoms with van der Waals surface area (Å²) in [6, 6.07) is 10.0. The number of nitrogens with one attached hydrogen (secondary N) is 1. The highest BCUT2D eigenvalue weighted by Crippen LogP contribution is 2.76. The second kappa shape index (κ2) is 6.71. The Kier molecular flexibility index (Phi) is 4.10. The maximum absolute atomic E-state index is 12.9. The molecule has 0 bridgehead atoms. The van der Waals surface area contributed by atoms with Gasteiger partial charge in [0.25, 0.3) is 0 Å². The van der Waals surface area contributed by atoms with Crippen LogP contribution < -0.4 is 5.32 Å². The van der Waals surface area contributed by atoms with Crippen molar-refractivity contribution < 1.29 is 9.53 Å². The van der Waals surface area contributed by atoms with Crippen LogP contribution in [0, 0.1) is 17.3 Å². The SMILES string of the molecule is O=C(N[C@H]1CC2(CCN(C3CC45CC4CC[C@@H]35)CC2)c2ccccc21)N1CCOCC1. The number of likely N-dealkylation sites (tertiary alicyclic amines) is 1. The molecule has 2 spiro atoms. The van der Waals surface area contributed by atoms with E-state index < -0.39 is 0 Å². The predicted molar refractivity (Wildman–Crippen MR) is 119 cm³/mol. The van der Waals surface area contributed by atoms with Crippen molar-refractivity contribution in [1.82, 2.24) is 15.1 Å². The van der Waals surface area contributed by atoms with E-state index in [2.05, 4.69) is 34.5 Å². The largest absolute Gasteiger partial charge is 0.378 e. The fourth-order valence-corrected chi connectivity index (χ4v) is 8.43. The summed E-state index contributed by atoms with van der Waals surface area (Å²) in [5.74, 6) is 2.12. The molecule has 3 unspecified atom stereocenters. The van der Waals surface area contributed by atoms with Crippen LogP contribution in [0.25, 0.3) is 0 Å². The summed E-state index contributed by atoms with van der Waals surface area (Å²) >= 11 is 0. The number of amides is 2. The number of urea groups is 1. The van der Waals surface area contributed by atoms with Crippen LogP contribution in [0.5, 0.6) is 0 Å². The van der Waals surface area contributed by atoms with E-state index in [0.29, 0.717) is 26.3 Å². The molecule has 2 saturated heterocycles. The zero-order chi connectivity index (χ0) is 20.6. The van der Waals surface area contributed by atoms with E-state index in [-0.39, 0.29) is 17.5 Å². The number of morpholine rings is 1. The van der Waals surface area contributed by atoms with E-state index in [4.69, 9.17) is 4.74 Å². The third kappa shape index (κ3) is 2.72. The molecule has 1 aromatic rings. The van der Waals surface area contributed by atoms with Crippen molar-refractivity contribution in [3.8, 4) is 0 Å². The van der Waals surface area contributed by atoms with Crippen molar-refractivity contribution in [3.05, 3.63) is 35.4 Å². The van der Waals surface area contributed by atoms with Crippen molar-refractivity contribution >= 4 is 6.03 Å². The molecule has 0 radical (unpaired) electrons. The van der Waals surface area contributed by atoms with Crippen LogP contribution in [0.15, 0.2) is 24.3 Å². The molecule has 166 valence electrons. The molecule has 7 rings (SSSR count). The van der Waals surface area contributed by atoms with E-state index in [1.807, 2.05) is 4.90 Å². The third-order valence-corrected chi connectivity index (χ3v) is 10.2. The minimum Gasteiger partial charge on any atom is -0.378 e. The maximum atomic E-state index is 12.9. The molecule has 5 atom stereocenters. The van der Waals surface area contributed by atoms with Gasteiger partial charge in [0.1, 0.15) is 0 Å². The molecule has 4 aliphatic carbocycles. The molecule has 1 N–H and O–H groups in total. The van der Waals surface area contributed by atoms with Crippen LogP contribution in [-0.4, -0.2) is 61.3 Å². The fraction of sp³-hybridized carbons (Fsp3) is 0.731. The Morgan fingerprint density at radius 1 is 1.00 bits per heavy atom. The second-order valence-electron chi connectivity index (χ2n) is 11.3. The number of piperidine rings is 1. The molecule has 5 heteroatoms. The topological polar surface area (TPSA) is 44.8 Å². The molecule has 2 heterocycles. The number of fused-ring (bicyclic) bond motifs is 2. The first-order valence-corrected chi connectivity index (χ1v) is 12.7. The molecule has 2 amide bonds. The van der Waals surface area contributed by atoms with Crippen LogP contribution in [0.4, 0.5) is 4.79 Å². The Labute approximate surface area is 185 Å². The van der Waals surface area contributed by atoms with Gasteiger partial charge in [-0.15, -0.1) is 0 Å². The molecule has 1 aromatic carbocycles. The number of benzene rings is 1. The van der Waals surface area contributed by atoms with Crippen LogP contribution in [-0.2, 0) is 10.2 Å². The lowest BCUT2D eigenvalue weighted by atomic mass is 9.65. The van der Waals surface area contributed by atoms with Gasteiger partial charge in [-0.1, -0.05) is 24.3 Å². The average Bonchev–Trinajstić information content (AvgIpc) is 3.39. The highest BCUT2D eigenvalue weighted by atomic mass is 16.5. The minimum atomic E-state index is 0.0811. The summed E-state index contributed by atoms with van der Waals surface area (Å²) in [5.41, 5.74) is 3.93. The van der Waals surface area contributed by atoms with Gasteiger partial charge in [0.05, 0.1) is 19.3 Å². The molecule has 3 saturated carbocycles. The number of ether oxygens (including phenoxy) is 1. The smallest absolute Gasteiger partial charge is 0.318 e.